The molecule has 1 aliphatic rings. The monoisotopic (exact) mass is 410 g/mol. The summed E-state index contributed by atoms with van der Waals surface area (Å²) < 4.78 is 3.91. The van der Waals surface area contributed by atoms with Gasteiger partial charge < -0.3 is 4.23 Å². The molecule has 104 valence electrons. The molecule has 0 unspecified atom stereocenters. The van der Waals surface area contributed by atoms with E-state index in [1.165, 1.54) is 3.57 Å². The van der Waals surface area contributed by atoms with E-state index in [0.29, 0.717) is 0 Å². The first-order chi connectivity index (χ1) is 9.35. The van der Waals surface area contributed by atoms with Crippen molar-refractivity contribution in [2.24, 2.45) is 0 Å². The van der Waals surface area contributed by atoms with Crippen molar-refractivity contribution in [3.63, 3.8) is 0 Å². The van der Waals surface area contributed by atoms with Crippen LogP contribution in [0, 0.1) is 3.57 Å². The highest BCUT2D eigenvalue weighted by Crippen LogP contribution is 2.30. The third-order valence-corrected chi connectivity index (χ3v) is 14.7. The molecule has 3 rings (SSSR count). The second-order valence-electron chi connectivity index (χ2n) is 6.33. The van der Waals surface area contributed by atoms with Gasteiger partial charge in [-0.2, -0.15) is 0 Å². The van der Waals surface area contributed by atoms with Crippen molar-refractivity contribution >= 4 is 55.3 Å². The summed E-state index contributed by atoms with van der Waals surface area (Å²) in [4.78, 5) is 4.72. The summed E-state index contributed by atoms with van der Waals surface area (Å²) in [5.41, 5.74) is 0. The van der Waals surface area contributed by atoms with Crippen LogP contribution in [-0.4, -0.2) is 21.5 Å². The van der Waals surface area contributed by atoms with Crippen molar-refractivity contribution in [3.05, 3.63) is 46.2 Å². The van der Waals surface area contributed by atoms with Gasteiger partial charge in [0.1, 0.15) is 5.82 Å². The molecule has 1 aliphatic heterocycles. The predicted molar refractivity (Wildman–Crippen MR) is 100 cm³/mol. The number of anilines is 1. The lowest BCUT2D eigenvalue weighted by Gasteiger charge is -2.40. The molecule has 20 heavy (non-hydrogen) atoms. The van der Waals surface area contributed by atoms with Gasteiger partial charge in [0.15, 0.2) is 16.5 Å². The molecule has 5 heteroatoms. The second-order valence-corrected chi connectivity index (χ2v) is 16.2. The van der Waals surface area contributed by atoms with Gasteiger partial charge in [-0.1, -0.05) is 24.3 Å². The molecule has 0 amide bonds. The summed E-state index contributed by atoms with van der Waals surface area (Å²) in [6, 6.07) is 13.4. The zero-order valence-electron chi connectivity index (χ0n) is 12.3. The number of benzene rings is 1. The first-order valence-electron chi connectivity index (χ1n) is 6.87. The van der Waals surface area contributed by atoms with E-state index in [9.17, 15) is 0 Å². The molecule has 1 aromatic carbocycles. The van der Waals surface area contributed by atoms with Crippen molar-refractivity contribution in [1.29, 1.82) is 0 Å². The number of fused-ring (bicyclic) bond motifs is 1. The van der Waals surface area contributed by atoms with Crippen LogP contribution in [0.5, 0.6) is 0 Å². The zero-order valence-corrected chi connectivity index (χ0v) is 16.5. The first kappa shape index (κ1) is 14.3. The Morgan fingerprint density at radius 2 is 1.45 bits per heavy atom. The molecule has 2 nitrogen and oxygen atoms in total. The zero-order chi connectivity index (χ0) is 14.5. The number of hydrogen-bond acceptors (Lipinski definition) is 2. The summed E-state index contributed by atoms with van der Waals surface area (Å²) in [5, 5.41) is 3.19. The standard InChI is InChI=1S/C15H19IN2Si2/c1-19(2)13-7-5-6-8-14(13)20(3,4)18(19)15-10-9-12(16)11-17-15/h5-11H,1-4H3. The van der Waals surface area contributed by atoms with Crippen LogP contribution in [0.3, 0.4) is 0 Å². The highest BCUT2D eigenvalue weighted by atomic mass is 127. The fourth-order valence-corrected chi connectivity index (χ4v) is 16.4. The molecule has 0 bridgehead atoms. The molecular formula is C15H19IN2Si2. The van der Waals surface area contributed by atoms with Crippen LogP contribution in [-0.2, 0) is 0 Å². The Morgan fingerprint density at radius 1 is 0.900 bits per heavy atom. The Balaban J connectivity index is 2.20. The van der Waals surface area contributed by atoms with Crippen molar-refractivity contribution in [2.45, 2.75) is 26.2 Å². The fraction of sp³-hybridized carbons (Fsp3) is 0.267. The Hall–Kier alpha value is -0.666. The quantitative estimate of drug-likeness (QED) is 0.531. The number of nitrogens with zero attached hydrogens (tertiary/aromatic N) is 2. The molecule has 0 atom stereocenters. The van der Waals surface area contributed by atoms with E-state index in [2.05, 4.69) is 89.4 Å². The van der Waals surface area contributed by atoms with Crippen LogP contribution in [0.25, 0.3) is 0 Å². The molecule has 1 aromatic heterocycles. The van der Waals surface area contributed by atoms with Crippen LogP contribution in [0.15, 0.2) is 42.6 Å². The van der Waals surface area contributed by atoms with Crippen LogP contribution in [0.4, 0.5) is 5.82 Å². The van der Waals surface area contributed by atoms with E-state index in [1.807, 2.05) is 6.20 Å². The lowest BCUT2D eigenvalue weighted by atomic mass is 10.4. The van der Waals surface area contributed by atoms with E-state index in [1.54, 1.807) is 10.4 Å². The van der Waals surface area contributed by atoms with Crippen LogP contribution in [0.2, 0.25) is 26.2 Å². The average molecular weight is 410 g/mol. The molecule has 2 heterocycles. The van der Waals surface area contributed by atoms with Gasteiger partial charge in [-0.15, -0.1) is 0 Å². The van der Waals surface area contributed by atoms with E-state index >= 15 is 0 Å². The minimum Gasteiger partial charge on any atom is -0.402 e. The fourth-order valence-electron chi connectivity index (χ4n) is 3.56. The highest BCUT2D eigenvalue weighted by molar-refractivity contribution is 14.1. The molecule has 0 aliphatic carbocycles. The topological polar surface area (TPSA) is 16.1 Å². The van der Waals surface area contributed by atoms with Gasteiger partial charge in [0.25, 0.3) is 0 Å². The molecule has 2 aromatic rings. The molecule has 0 saturated heterocycles. The van der Waals surface area contributed by atoms with Crippen LogP contribution >= 0.6 is 22.6 Å². The van der Waals surface area contributed by atoms with Gasteiger partial charge >= 0.3 is 0 Å². The molecule has 0 radical (unpaired) electrons. The number of pyridine rings is 1. The first-order valence-corrected chi connectivity index (χ1v) is 13.8. The van der Waals surface area contributed by atoms with Gasteiger partial charge in [-0.05, 0) is 71.3 Å². The second kappa shape index (κ2) is 4.67. The van der Waals surface area contributed by atoms with E-state index in [4.69, 9.17) is 4.98 Å². The highest BCUT2D eigenvalue weighted by Gasteiger charge is 2.52. The molecule has 0 saturated carbocycles. The summed E-state index contributed by atoms with van der Waals surface area (Å²) in [7, 11) is -3.31. The van der Waals surface area contributed by atoms with E-state index < -0.39 is 16.5 Å². The van der Waals surface area contributed by atoms with Crippen molar-refractivity contribution in [1.82, 2.24) is 4.98 Å². The minimum absolute atomic E-state index is 1.16. The SMILES string of the molecule is C[Si]1(C)c2ccccc2[Si](C)(C)N1c1ccc(I)cn1. The maximum Gasteiger partial charge on any atom is 0.175 e. The Labute approximate surface area is 136 Å². The van der Waals surface area contributed by atoms with Crippen LogP contribution in [0.1, 0.15) is 0 Å². The van der Waals surface area contributed by atoms with Crippen molar-refractivity contribution < 1.29 is 0 Å². The summed E-state index contributed by atoms with van der Waals surface area (Å²) in [6.45, 7) is 9.81. The van der Waals surface area contributed by atoms with Crippen molar-refractivity contribution in [2.75, 3.05) is 4.23 Å². The van der Waals surface area contributed by atoms with Gasteiger partial charge in [0.05, 0.1) is 0 Å². The third-order valence-electron chi connectivity index (χ3n) is 4.30. The minimum atomic E-state index is -1.65. The lowest BCUT2D eigenvalue weighted by molar-refractivity contribution is 1.24. The van der Waals surface area contributed by atoms with Crippen molar-refractivity contribution in [3.8, 4) is 0 Å². The number of halogens is 1. The summed E-state index contributed by atoms with van der Waals surface area (Å²) in [6.07, 6.45) is 1.98. The van der Waals surface area contributed by atoms with E-state index in [-0.39, 0.29) is 0 Å². The summed E-state index contributed by atoms with van der Waals surface area (Å²) in [5.74, 6) is 1.16. The summed E-state index contributed by atoms with van der Waals surface area (Å²) >= 11 is 2.32. The Morgan fingerprint density at radius 3 is 1.90 bits per heavy atom. The molecule has 0 N–H and O–H groups in total. The smallest absolute Gasteiger partial charge is 0.175 e. The van der Waals surface area contributed by atoms with Gasteiger partial charge in [-0.25, -0.2) is 4.98 Å². The maximum absolute atomic E-state index is 4.72. The number of hydrogen-bond donors (Lipinski definition) is 0. The average Bonchev–Trinajstić information content (AvgIpc) is 2.56. The van der Waals surface area contributed by atoms with Gasteiger partial charge in [-0.3, -0.25) is 0 Å². The predicted octanol–water partition coefficient (Wildman–Crippen LogP) is 3.03. The Bertz CT molecular complexity index is 618. The maximum atomic E-state index is 4.72. The normalized spacial score (nSPS) is 18.9. The largest absolute Gasteiger partial charge is 0.402 e. The molecule has 0 fully saturated rings. The number of aromatic nitrogens is 1. The number of rotatable bonds is 1. The molecular weight excluding hydrogens is 391 g/mol. The third kappa shape index (κ3) is 1.98. The van der Waals surface area contributed by atoms with Crippen LogP contribution < -0.4 is 14.6 Å². The van der Waals surface area contributed by atoms with Gasteiger partial charge in [0, 0.05) is 9.77 Å². The van der Waals surface area contributed by atoms with E-state index in [0.717, 1.165) is 5.82 Å². The Kier molecular flexibility index (Phi) is 3.34. The molecule has 0 spiro atoms. The lowest BCUT2D eigenvalue weighted by Crippen LogP contribution is -2.61. The van der Waals surface area contributed by atoms with Gasteiger partial charge in [0.2, 0.25) is 0 Å².